The average molecular weight is 270 g/mol. The third-order valence-electron chi connectivity index (χ3n) is 2.40. The maximum Gasteiger partial charge on any atom is 0.325 e. The van der Waals surface area contributed by atoms with Crippen LogP contribution >= 0.6 is 11.6 Å². The Labute approximate surface area is 113 Å². The Balaban J connectivity index is 2.33. The van der Waals surface area contributed by atoms with E-state index in [0.717, 1.165) is 12.1 Å². The quantitative estimate of drug-likeness (QED) is 0.800. The van der Waals surface area contributed by atoms with E-state index >= 15 is 0 Å². The molecule has 0 fully saturated rings. The first-order valence-corrected chi connectivity index (χ1v) is 6.54. The fraction of sp³-hybridized carbons (Fsp3) is 0.500. The van der Waals surface area contributed by atoms with Crippen LogP contribution in [0, 0.1) is 5.92 Å². The van der Waals surface area contributed by atoms with E-state index in [1.807, 2.05) is 19.1 Å². The predicted octanol–water partition coefficient (Wildman–Crippen LogP) is 3.73. The van der Waals surface area contributed by atoms with Crippen LogP contribution in [0.2, 0.25) is 5.02 Å². The van der Waals surface area contributed by atoms with E-state index in [-0.39, 0.29) is 18.6 Å². The highest BCUT2D eigenvalue weighted by molar-refractivity contribution is 6.30. The fourth-order valence-electron chi connectivity index (χ4n) is 1.75. The van der Waals surface area contributed by atoms with Crippen LogP contribution in [-0.4, -0.2) is 18.6 Å². The first-order valence-electron chi connectivity index (χ1n) is 6.16. The van der Waals surface area contributed by atoms with Crippen LogP contribution in [0.4, 0.5) is 5.69 Å². The molecule has 0 saturated heterocycles. The number of carbonyl (C=O) groups is 1. The van der Waals surface area contributed by atoms with E-state index in [9.17, 15) is 4.79 Å². The highest BCUT2D eigenvalue weighted by Gasteiger charge is 2.10. The summed E-state index contributed by atoms with van der Waals surface area (Å²) in [5, 5.41) is 3.63. The average Bonchev–Trinajstić information content (AvgIpc) is 2.25. The van der Waals surface area contributed by atoms with Crippen LogP contribution < -0.4 is 5.32 Å². The van der Waals surface area contributed by atoms with Gasteiger partial charge in [0.05, 0.1) is 6.10 Å². The lowest BCUT2D eigenvalue weighted by Gasteiger charge is -2.15. The lowest BCUT2D eigenvalue weighted by atomic mass is 10.1. The molecular formula is C14H20ClNO2. The molecule has 4 heteroatoms. The summed E-state index contributed by atoms with van der Waals surface area (Å²) < 4.78 is 5.28. The molecule has 0 amide bonds. The molecule has 0 saturated carbocycles. The van der Waals surface area contributed by atoms with E-state index in [4.69, 9.17) is 16.3 Å². The molecule has 0 aliphatic carbocycles. The van der Waals surface area contributed by atoms with Gasteiger partial charge in [0.1, 0.15) is 6.54 Å². The van der Waals surface area contributed by atoms with Gasteiger partial charge in [-0.2, -0.15) is 0 Å². The highest BCUT2D eigenvalue weighted by atomic mass is 35.5. The van der Waals surface area contributed by atoms with Crippen LogP contribution in [0.25, 0.3) is 0 Å². The van der Waals surface area contributed by atoms with E-state index in [1.54, 1.807) is 12.1 Å². The molecule has 0 heterocycles. The van der Waals surface area contributed by atoms with E-state index in [2.05, 4.69) is 19.2 Å². The van der Waals surface area contributed by atoms with E-state index in [0.29, 0.717) is 10.9 Å². The van der Waals surface area contributed by atoms with Crippen LogP contribution in [0.3, 0.4) is 0 Å². The van der Waals surface area contributed by atoms with E-state index in [1.165, 1.54) is 0 Å². The molecule has 1 unspecified atom stereocenters. The molecule has 0 aliphatic rings. The molecule has 0 bridgehead atoms. The van der Waals surface area contributed by atoms with Crippen molar-refractivity contribution >= 4 is 23.3 Å². The number of hydrogen-bond acceptors (Lipinski definition) is 3. The maximum atomic E-state index is 11.6. The largest absolute Gasteiger partial charge is 0.461 e. The van der Waals surface area contributed by atoms with Crippen molar-refractivity contribution in [3.05, 3.63) is 29.3 Å². The predicted molar refractivity (Wildman–Crippen MR) is 75.0 cm³/mol. The second-order valence-electron chi connectivity index (χ2n) is 4.79. The number of anilines is 1. The minimum absolute atomic E-state index is 0.0429. The molecule has 0 radical (unpaired) electrons. The van der Waals surface area contributed by atoms with Gasteiger partial charge in [-0.1, -0.05) is 31.5 Å². The van der Waals surface area contributed by atoms with Gasteiger partial charge in [-0.3, -0.25) is 4.79 Å². The monoisotopic (exact) mass is 269 g/mol. The van der Waals surface area contributed by atoms with E-state index < -0.39 is 0 Å². The first kappa shape index (κ1) is 14.8. The zero-order valence-corrected chi connectivity index (χ0v) is 11.8. The Morgan fingerprint density at radius 2 is 2.11 bits per heavy atom. The molecule has 1 atom stereocenters. The van der Waals surface area contributed by atoms with Gasteiger partial charge in [-0.25, -0.2) is 0 Å². The zero-order chi connectivity index (χ0) is 13.5. The molecule has 1 rings (SSSR count). The third kappa shape index (κ3) is 5.92. The summed E-state index contributed by atoms with van der Waals surface area (Å²) in [6.07, 6.45) is 0.835. The maximum absolute atomic E-state index is 11.6. The third-order valence-corrected chi connectivity index (χ3v) is 2.63. The molecule has 0 spiro atoms. The van der Waals surface area contributed by atoms with Crippen LogP contribution in [0.5, 0.6) is 0 Å². The first-order chi connectivity index (χ1) is 8.47. The number of rotatable bonds is 6. The molecular weight excluding hydrogens is 250 g/mol. The number of nitrogens with one attached hydrogen (secondary N) is 1. The normalized spacial score (nSPS) is 12.3. The van der Waals surface area contributed by atoms with Crippen molar-refractivity contribution in [1.29, 1.82) is 0 Å². The summed E-state index contributed by atoms with van der Waals surface area (Å²) in [5.41, 5.74) is 0.816. The molecule has 18 heavy (non-hydrogen) atoms. The summed E-state index contributed by atoms with van der Waals surface area (Å²) >= 11 is 5.85. The smallest absolute Gasteiger partial charge is 0.325 e. The Bertz CT molecular complexity index is 393. The van der Waals surface area contributed by atoms with Gasteiger partial charge >= 0.3 is 5.97 Å². The molecule has 3 nitrogen and oxygen atoms in total. The van der Waals surface area contributed by atoms with Gasteiger partial charge < -0.3 is 10.1 Å². The lowest BCUT2D eigenvalue weighted by Crippen LogP contribution is -2.22. The number of halogens is 1. The second-order valence-corrected chi connectivity index (χ2v) is 5.23. The number of hydrogen-bond donors (Lipinski definition) is 1. The van der Waals surface area contributed by atoms with Gasteiger partial charge in [0, 0.05) is 10.7 Å². The van der Waals surface area contributed by atoms with Crippen LogP contribution in [-0.2, 0) is 9.53 Å². The van der Waals surface area contributed by atoms with Crippen molar-refractivity contribution in [2.45, 2.75) is 33.3 Å². The Morgan fingerprint density at radius 3 is 2.72 bits per heavy atom. The van der Waals surface area contributed by atoms with Crippen molar-refractivity contribution < 1.29 is 9.53 Å². The summed E-state index contributed by atoms with van der Waals surface area (Å²) in [5.74, 6) is 0.275. The summed E-state index contributed by atoms with van der Waals surface area (Å²) in [6.45, 7) is 6.28. The van der Waals surface area contributed by atoms with Gasteiger partial charge in [0.15, 0.2) is 0 Å². The molecule has 1 N–H and O–H groups in total. The number of carbonyl (C=O) groups excluding carboxylic acids is 1. The van der Waals surface area contributed by atoms with Crippen molar-refractivity contribution in [3.63, 3.8) is 0 Å². The highest BCUT2D eigenvalue weighted by Crippen LogP contribution is 2.14. The Hall–Kier alpha value is -1.22. The molecule has 0 aliphatic heterocycles. The summed E-state index contributed by atoms with van der Waals surface area (Å²) in [4.78, 5) is 11.6. The Morgan fingerprint density at radius 1 is 1.39 bits per heavy atom. The molecule has 100 valence electrons. The van der Waals surface area contributed by atoms with Crippen LogP contribution in [0.1, 0.15) is 27.2 Å². The van der Waals surface area contributed by atoms with Gasteiger partial charge in [-0.15, -0.1) is 0 Å². The summed E-state index contributed by atoms with van der Waals surface area (Å²) in [6, 6.07) is 7.25. The van der Waals surface area contributed by atoms with Crippen molar-refractivity contribution in [3.8, 4) is 0 Å². The SMILES string of the molecule is CC(C)CC(C)OC(=O)CNc1cccc(Cl)c1. The number of benzene rings is 1. The minimum atomic E-state index is -0.247. The second kappa shape index (κ2) is 7.27. The fourth-order valence-corrected chi connectivity index (χ4v) is 1.94. The molecule has 0 aromatic heterocycles. The van der Waals surface area contributed by atoms with Gasteiger partial charge in [-0.05, 0) is 37.5 Å². The molecule has 1 aromatic rings. The Kier molecular flexibility index (Phi) is 5.99. The number of esters is 1. The van der Waals surface area contributed by atoms with Crippen molar-refractivity contribution in [2.24, 2.45) is 5.92 Å². The van der Waals surface area contributed by atoms with Gasteiger partial charge in [0.25, 0.3) is 0 Å². The zero-order valence-electron chi connectivity index (χ0n) is 11.1. The molecule has 1 aromatic carbocycles. The summed E-state index contributed by atoms with van der Waals surface area (Å²) in [7, 11) is 0. The van der Waals surface area contributed by atoms with Gasteiger partial charge in [0.2, 0.25) is 0 Å². The van der Waals surface area contributed by atoms with Crippen molar-refractivity contribution in [1.82, 2.24) is 0 Å². The topological polar surface area (TPSA) is 38.3 Å². The lowest BCUT2D eigenvalue weighted by molar-refractivity contribution is -0.146. The number of ether oxygens (including phenoxy) is 1. The minimum Gasteiger partial charge on any atom is -0.461 e. The van der Waals surface area contributed by atoms with Crippen LogP contribution in [0.15, 0.2) is 24.3 Å². The van der Waals surface area contributed by atoms with Crippen molar-refractivity contribution in [2.75, 3.05) is 11.9 Å². The standard InChI is InChI=1S/C14H20ClNO2/c1-10(2)7-11(3)18-14(17)9-16-13-6-4-5-12(15)8-13/h4-6,8,10-11,16H,7,9H2,1-3H3.